The molecule has 1 aromatic carbocycles. The summed E-state index contributed by atoms with van der Waals surface area (Å²) in [7, 11) is 0. The number of hydrogen-bond donors (Lipinski definition) is 2. The molecular formula is C16H21ClN2O4. The molecule has 1 atom stereocenters. The zero-order valence-corrected chi connectivity index (χ0v) is 14.0. The van der Waals surface area contributed by atoms with E-state index in [-0.39, 0.29) is 37.4 Å². The van der Waals surface area contributed by atoms with Crippen molar-refractivity contribution >= 4 is 29.4 Å². The van der Waals surface area contributed by atoms with Gasteiger partial charge in [-0.2, -0.15) is 0 Å². The maximum absolute atomic E-state index is 11.8. The first-order valence-electron chi connectivity index (χ1n) is 7.41. The van der Waals surface area contributed by atoms with Crippen LogP contribution >= 0.6 is 11.6 Å². The van der Waals surface area contributed by atoms with Crippen molar-refractivity contribution < 1.29 is 19.1 Å². The molecule has 0 aliphatic heterocycles. The van der Waals surface area contributed by atoms with E-state index in [0.29, 0.717) is 10.6 Å². The normalized spacial score (nSPS) is 11.4. The summed E-state index contributed by atoms with van der Waals surface area (Å²) in [5.74, 6) is -1.18. The Balaban J connectivity index is 2.22. The highest BCUT2D eigenvalue weighted by Gasteiger charge is 2.10. The molecule has 0 unspecified atom stereocenters. The third-order valence-corrected chi connectivity index (χ3v) is 3.36. The molecule has 2 N–H and O–H groups in total. The molecule has 0 saturated carbocycles. The highest BCUT2D eigenvalue weighted by molar-refractivity contribution is 6.30. The van der Waals surface area contributed by atoms with Gasteiger partial charge in [0.1, 0.15) is 0 Å². The van der Waals surface area contributed by atoms with Crippen molar-refractivity contribution in [3.63, 3.8) is 0 Å². The first-order chi connectivity index (χ1) is 10.9. The summed E-state index contributed by atoms with van der Waals surface area (Å²) in [5.41, 5.74) is 0.454. The zero-order chi connectivity index (χ0) is 17.2. The first-order valence-corrected chi connectivity index (χ1v) is 7.79. The van der Waals surface area contributed by atoms with Crippen LogP contribution in [-0.2, 0) is 14.3 Å². The monoisotopic (exact) mass is 340 g/mol. The molecule has 0 fully saturated rings. The zero-order valence-electron chi connectivity index (χ0n) is 13.2. The van der Waals surface area contributed by atoms with Gasteiger partial charge in [0.25, 0.3) is 11.8 Å². The summed E-state index contributed by atoms with van der Waals surface area (Å²) in [6, 6.07) is 6.45. The Kier molecular flexibility index (Phi) is 8.11. The lowest BCUT2D eigenvalue weighted by atomic mass is 10.2. The fraction of sp³-hybridized carbons (Fsp3) is 0.438. The number of esters is 1. The van der Waals surface area contributed by atoms with E-state index in [4.69, 9.17) is 16.3 Å². The number of rotatable bonds is 8. The summed E-state index contributed by atoms with van der Waals surface area (Å²) in [6.45, 7) is 3.63. The highest BCUT2D eigenvalue weighted by atomic mass is 35.5. The SMILES string of the molecule is CC[C@H](C)NC(=O)COC(=O)CCNC(=O)c1ccc(Cl)cc1. The first kappa shape index (κ1) is 19.0. The Bertz CT molecular complexity index is 546. The van der Waals surface area contributed by atoms with Gasteiger partial charge in [-0.3, -0.25) is 14.4 Å². The topological polar surface area (TPSA) is 84.5 Å². The van der Waals surface area contributed by atoms with Crippen LogP contribution in [0.4, 0.5) is 0 Å². The van der Waals surface area contributed by atoms with Crippen molar-refractivity contribution in [3.05, 3.63) is 34.9 Å². The highest BCUT2D eigenvalue weighted by Crippen LogP contribution is 2.09. The molecule has 0 aliphatic rings. The molecule has 0 aromatic heterocycles. The molecular weight excluding hydrogens is 320 g/mol. The molecule has 6 nitrogen and oxygen atoms in total. The van der Waals surface area contributed by atoms with E-state index in [9.17, 15) is 14.4 Å². The molecule has 0 spiro atoms. The third kappa shape index (κ3) is 7.65. The number of nitrogens with one attached hydrogen (secondary N) is 2. The Morgan fingerprint density at radius 2 is 1.87 bits per heavy atom. The van der Waals surface area contributed by atoms with Crippen LogP contribution in [0.5, 0.6) is 0 Å². The van der Waals surface area contributed by atoms with E-state index in [2.05, 4.69) is 10.6 Å². The quantitative estimate of drug-likeness (QED) is 0.708. The predicted octanol–water partition coefficient (Wildman–Crippen LogP) is 1.92. The fourth-order valence-corrected chi connectivity index (χ4v) is 1.74. The number of ether oxygens (including phenoxy) is 1. The molecule has 126 valence electrons. The van der Waals surface area contributed by atoms with Crippen LogP contribution in [0.15, 0.2) is 24.3 Å². The molecule has 0 radical (unpaired) electrons. The van der Waals surface area contributed by atoms with Crippen LogP contribution in [0, 0.1) is 0 Å². The smallest absolute Gasteiger partial charge is 0.308 e. The van der Waals surface area contributed by atoms with Gasteiger partial charge in [0, 0.05) is 23.2 Å². The predicted molar refractivity (Wildman–Crippen MR) is 87.3 cm³/mol. The average molecular weight is 341 g/mol. The van der Waals surface area contributed by atoms with E-state index in [0.717, 1.165) is 6.42 Å². The molecule has 0 aliphatic carbocycles. The van der Waals surface area contributed by atoms with Gasteiger partial charge >= 0.3 is 5.97 Å². The summed E-state index contributed by atoms with van der Waals surface area (Å²) >= 11 is 5.74. The van der Waals surface area contributed by atoms with E-state index < -0.39 is 5.97 Å². The van der Waals surface area contributed by atoms with E-state index >= 15 is 0 Å². The second kappa shape index (κ2) is 9.84. The van der Waals surface area contributed by atoms with Gasteiger partial charge in [-0.25, -0.2) is 0 Å². The Morgan fingerprint density at radius 3 is 2.48 bits per heavy atom. The van der Waals surface area contributed by atoms with Crippen LogP contribution in [0.3, 0.4) is 0 Å². The van der Waals surface area contributed by atoms with E-state index in [1.54, 1.807) is 24.3 Å². The number of hydrogen-bond acceptors (Lipinski definition) is 4. The van der Waals surface area contributed by atoms with Gasteiger partial charge in [-0.1, -0.05) is 18.5 Å². The van der Waals surface area contributed by atoms with Crippen LogP contribution in [0.25, 0.3) is 0 Å². The van der Waals surface area contributed by atoms with Crippen LogP contribution in [0.1, 0.15) is 37.0 Å². The van der Waals surface area contributed by atoms with Crippen molar-refractivity contribution in [1.29, 1.82) is 0 Å². The molecule has 1 rings (SSSR count). The lowest BCUT2D eigenvalue weighted by Gasteiger charge is -2.11. The number of halogens is 1. The molecule has 23 heavy (non-hydrogen) atoms. The molecule has 2 amide bonds. The van der Waals surface area contributed by atoms with Gasteiger partial charge < -0.3 is 15.4 Å². The minimum Gasteiger partial charge on any atom is -0.456 e. The maximum Gasteiger partial charge on any atom is 0.308 e. The second-order valence-electron chi connectivity index (χ2n) is 5.05. The van der Waals surface area contributed by atoms with Crippen molar-refractivity contribution in [3.8, 4) is 0 Å². The minimum absolute atomic E-state index is 0.00403. The van der Waals surface area contributed by atoms with Gasteiger partial charge in [0.15, 0.2) is 6.61 Å². The number of benzene rings is 1. The number of carbonyl (C=O) groups is 3. The second-order valence-corrected chi connectivity index (χ2v) is 5.49. The van der Waals surface area contributed by atoms with Crippen LogP contribution in [-0.4, -0.2) is 37.0 Å². The molecule has 0 heterocycles. The van der Waals surface area contributed by atoms with Gasteiger partial charge in [0.05, 0.1) is 6.42 Å². The van der Waals surface area contributed by atoms with Crippen molar-refractivity contribution in [1.82, 2.24) is 10.6 Å². The molecule has 7 heteroatoms. The van der Waals surface area contributed by atoms with Gasteiger partial charge in [0.2, 0.25) is 0 Å². The summed E-state index contributed by atoms with van der Waals surface area (Å²) in [6.07, 6.45) is 0.798. The summed E-state index contributed by atoms with van der Waals surface area (Å²) in [5, 5.41) is 5.83. The molecule has 0 saturated heterocycles. The largest absolute Gasteiger partial charge is 0.456 e. The number of amides is 2. The molecule has 1 aromatic rings. The lowest BCUT2D eigenvalue weighted by molar-refractivity contribution is -0.148. The van der Waals surface area contributed by atoms with Crippen molar-refractivity contribution in [2.24, 2.45) is 0 Å². The van der Waals surface area contributed by atoms with Gasteiger partial charge in [-0.15, -0.1) is 0 Å². The Labute approximate surface area is 140 Å². The van der Waals surface area contributed by atoms with Crippen LogP contribution in [0.2, 0.25) is 5.02 Å². The number of carbonyl (C=O) groups excluding carboxylic acids is 3. The lowest BCUT2D eigenvalue weighted by Crippen LogP contribution is -2.35. The van der Waals surface area contributed by atoms with Crippen LogP contribution < -0.4 is 10.6 Å². The van der Waals surface area contributed by atoms with E-state index in [1.165, 1.54) is 0 Å². The standard InChI is InChI=1S/C16H21ClN2O4/c1-3-11(2)19-14(20)10-23-15(21)8-9-18-16(22)12-4-6-13(17)7-5-12/h4-7,11H,3,8-10H2,1-2H3,(H,18,22)(H,19,20)/t11-/m0/s1. The van der Waals surface area contributed by atoms with Crippen molar-refractivity contribution in [2.45, 2.75) is 32.7 Å². The Hall–Kier alpha value is -2.08. The minimum atomic E-state index is -0.541. The van der Waals surface area contributed by atoms with E-state index in [1.807, 2.05) is 13.8 Å². The Morgan fingerprint density at radius 1 is 1.22 bits per heavy atom. The third-order valence-electron chi connectivity index (χ3n) is 3.11. The fourth-order valence-electron chi connectivity index (χ4n) is 1.62. The maximum atomic E-state index is 11.8. The summed E-state index contributed by atoms with van der Waals surface area (Å²) in [4.78, 5) is 34.7. The average Bonchev–Trinajstić information content (AvgIpc) is 2.53. The van der Waals surface area contributed by atoms with Gasteiger partial charge in [-0.05, 0) is 37.6 Å². The van der Waals surface area contributed by atoms with Crippen molar-refractivity contribution in [2.75, 3.05) is 13.2 Å². The summed E-state index contributed by atoms with van der Waals surface area (Å²) < 4.78 is 4.83. The molecule has 0 bridgehead atoms.